The molecule has 210 valence electrons. The van der Waals surface area contributed by atoms with E-state index < -0.39 is 13.7 Å². The minimum atomic E-state index is -3.67. The Morgan fingerprint density at radius 2 is 1.17 bits per heavy atom. The van der Waals surface area contributed by atoms with Crippen molar-refractivity contribution in [1.82, 2.24) is 0 Å². The maximum atomic E-state index is 12.3. The van der Waals surface area contributed by atoms with Crippen LogP contribution in [0.1, 0.15) is 129 Å². The maximum absolute atomic E-state index is 12.3. The molecule has 0 heterocycles. The second-order valence-corrected chi connectivity index (χ2v) is 13.3. The fraction of sp³-hybridized carbons (Fsp3) is 0.964. The van der Waals surface area contributed by atoms with Crippen LogP contribution < -0.4 is 0 Å². The summed E-state index contributed by atoms with van der Waals surface area (Å²) in [6.45, 7) is 4.18. The topological polar surface area (TPSA) is 72.8 Å². The van der Waals surface area contributed by atoms with Gasteiger partial charge in [-0.15, -0.1) is 0 Å². The Morgan fingerprint density at radius 1 is 0.771 bits per heavy atom. The van der Waals surface area contributed by atoms with Crippen molar-refractivity contribution in [3.05, 3.63) is 0 Å². The van der Waals surface area contributed by atoms with Gasteiger partial charge in [-0.1, -0.05) is 110 Å². The third-order valence-electron chi connectivity index (χ3n) is 6.48. The number of carbonyl (C=O) groups is 1. The third kappa shape index (κ3) is 26.5. The van der Waals surface area contributed by atoms with E-state index in [2.05, 4.69) is 6.92 Å². The molecule has 0 fully saturated rings. The Hall–Kier alpha value is -0.420. The third-order valence-corrected chi connectivity index (χ3v) is 7.80. The molecule has 7 heteroatoms. The summed E-state index contributed by atoms with van der Waals surface area (Å²) in [5, 5.41) is 0. The lowest BCUT2D eigenvalue weighted by atomic mass is 10.0. The van der Waals surface area contributed by atoms with Gasteiger partial charge in [0, 0.05) is 6.92 Å². The van der Waals surface area contributed by atoms with Gasteiger partial charge in [-0.2, -0.15) is 0 Å². The Kier molecular flexibility index (Phi) is 21.4. The highest BCUT2D eigenvalue weighted by Gasteiger charge is 2.25. The molecule has 0 aliphatic heterocycles. The Labute approximate surface area is 217 Å². The minimum absolute atomic E-state index is 0.0106. The highest BCUT2D eigenvalue weighted by molar-refractivity contribution is 7.52. The molecule has 0 aromatic heterocycles. The van der Waals surface area contributed by atoms with Crippen molar-refractivity contribution in [3.63, 3.8) is 0 Å². The fourth-order valence-electron chi connectivity index (χ4n) is 4.20. The van der Waals surface area contributed by atoms with Gasteiger partial charge in [0.25, 0.3) is 0 Å². The van der Waals surface area contributed by atoms with E-state index in [4.69, 9.17) is 9.26 Å². The number of ether oxygens (including phenoxy) is 1. The van der Waals surface area contributed by atoms with Gasteiger partial charge in [0.1, 0.15) is 6.10 Å². The van der Waals surface area contributed by atoms with Crippen molar-refractivity contribution in [2.45, 2.75) is 136 Å². The lowest BCUT2D eigenvalue weighted by Crippen LogP contribution is -2.37. The van der Waals surface area contributed by atoms with E-state index in [1.54, 1.807) is 0 Å². The predicted octanol–water partition coefficient (Wildman–Crippen LogP) is 7.87. The first kappa shape index (κ1) is 34.6. The second kappa shape index (κ2) is 21.6. The van der Waals surface area contributed by atoms with E-state index in [0.717, 1.165) is 12.8 Å². The lowest BCUT2D eigenvalue weighted by molar-refractivity contribution is -0.867. The molecule has 2 unspecified atom stereocenters. The lowest BCUT2D eigenvalue weighted by Gasteiger charge is -2.25. The van der Waals surface area contributed by atoms with Gasteiger partial charge in [-0.3, -0.25) is 9.36 Å². The van der Waals surface area contributed by atoms with E-state index in [-0.39, 0.29) is 18.7 Å². The highest BCUT2D eigenvalue weighted by Crippen LogP contribution is 2.42. The maximum Gasteiger partial charge on any atom is 0.333 e. The molecule has 35 heavy (non-hydrogen) atoms. The molecule has 0 aromatic carbocycles. The van der Waals surface area contributed by atoms with Crippen molar-refractivity contribution in [2.24, 2.45) is 0 Å². The first-order chi connectivity index (χ1) is 16.6. The van der Waals surface area contributed by atoms with Gasteiger partial charge in [-0.25, -0.2) is 0 Å². The number of unbranched alkanes of at least 4 members (excludes halogenated alkanes) is 16. The number of rotatable bonds is 25. The number of hydrogen-bond acceptors (Lipinski definition) is 4. The molecule has 0 spiro atoms. The molecule has 0 aliphatic carbocycles. The summed E-state index contributed by atoms with van der Waals surface area (Å²) >= 11 is 0. The molecule has 0 aliphatic rings. The van der Waals surface area contributed by atoms with E-state index in [9.17, 15) is 14.3 Å². The molecule has 1 N–H and O–H groups in total. The normalized spacial score (nSPS) is 14.6. The fourth-order valence-corrected chi connectivity index (χ4v) is 5.58. The monoisotopic (exact) mass is 520 g/mol. The summed E-state index contributed by atoms with van der Waals surface area (Å²) in [6.07, 6.45) is 22.8. The summed E-state index contributed by atoms with van der Waals surface area (Å²) in [7, 11) is 2.25. The van der Waals surface area contributed by atoms with E-state index in [0.29, 0.717) is 17.4 Å². The zero-order valence-electron chi connectivity index (χ0n) is 23.9. The zero-order valence-corrected chi connectivity index (χ0v) is 24.8. The quantitative estimate of drug-likeness (QED) is 0.0574. The molecule has 0 rings (SSSR count). The van der Waals surface area contributed by atoms with Crippen LogP contribution in [0, 0.1) is 0 Å². The van der Waals surface area contributed by atoms with Crippen molar-refractivity contribution in [1.29, 1.82) is 0 Å². The second-order valence-electron chi connectivity index (χ2n) is 11.3. The van der Waals surface area contributed by atoms with Crippen LogP contribution in [0.2, 0.25) is 0 Å². The van der Waals surface area contributed by atoms with Crippen molar-refractivity contribution in [3.8, 4) is 0 Å². The van der Waals surface area contributed by atoms with Crippen LogP contribution in [0.5, 0.6) is 0 Å². The number of quaternary nitrogens is 1. The molecule has 0 saturated carbocycles. The van der Waals surface area contributed by atoms with Crippen LogP contribution in [0.25, 0.3) is 0 Å². The molecule has 0 amide bonds. The first-order valence-electron chi connectivity index (χ1n) is 14.5. The van der Waals surface area contributed by atoms with Gasteiger partial charge in [0.2, 0.25) is 0 Å². The summed E-state index contributed by atoms with van der Waals surface area (Å²) in [4.78, 5) is 21.5. The molecule has 2 atom stereocenters. The number of hydrogen-bond donors (Lipinski definition) is 1. The van der Waals surface area contributed by atoms with Crippen molar-refractivity contribution in [2.75, 3.05) is 40.5 Å². The number of esters is 1. The van der Waals surface area contributed by atoms with Gasteiger partial charge < -0.3 is 18.6 Å². The predicted molar refractivity (Wildman–Crippen MR) is 148 cm³/mol. The Balaban J connectivity index is 3.72. The van der Waals surface area contributed by atoms with Gasteiger partial charge in [0.15, 0.2) is 0 Å². The molecule has 0 radical (unpaired) electrons. The Bertz CT molecular complexity index is 550. The average molecular weight is 521 g/mol. The summed E-state index contributed by atoms with van der Waals surface area (Å²) in [5.74, 6) is -0.371. The van der Waals surface area contributed by atoms with Crippen LogP contribution in [0.4, 0.5) is 0 Å². The molecular weight excluding hydrogens is 461 g/mol. The summed E-state index contributed by atoms with van der Waals surface area (Å²) < 4.78 is 23.5. The highest BCUT2D eigenvalue weighted by atomic mass is 31.2. The van der Waals surface area contributed by atoms with Gasteiger partial charge >= 0.3 is 13.6 Å². The Morgan fingerprint density at radius 3 is 1.54 bits per heavy atom. The van der Waals surface area contributed by atoms with Crippen LogP contribution in [0.15, 0.2) is 0 Å². The van der Waals surface area contributed by atoms with E-state index in [1.165, 1.54) is 103 Å². The van der Waals surface area contributed by atoms with E-state index in [1.807, 2.05) is 21.1 Å². The van der Waals surface area contributed by atoms with Crippen LogP contribution in [-0.4, -0.2) is 61.9 Å². The van der Waals surface area contributed by atoms with Crippen LogP contribution >= 0.6 is 7.60 Å². The van der Waals surface area contributed by atoms with Crippen LogP contribution in [-0.2, 0) is 18.6 Å². The molecule has 6 nitrogen and oxygen atoms in total. The first-order valence-corrected chi connectivity index (χ1v) is 16.3. The van der Waals surface area contributed by atoms with Gasteiger partial charge in [-0.05, 0) is 12.8 Å². The molecular formula is C28H59NO5P+. The molecule has 0 bridgehead atoms. The number of carbonyl (C=O) groups excluding carboxylic acids is 1. The zero-order chi connectivity index (χ0) is 26.4. The standard InChI is InChI=1S/C28H58NO5P/c1-6-7-8-9-10-11-12-13-14-15-16-17-18-19-20-21-22-23-28(34-27(2)30)26-33-35(31,32)25-24-29(3,4)5/h28H,6-26H2,1-5H3/p+1. The van der Waals surface area contributed by atoms with Gasteiger partial charge in [0.05, 0.1) is 40.5 Å². The smallest absolute Gasteiger partial charge is 0.333 e. The largest absolute Gasteiger partial charge is 0.460 e. The molecule has 0 saturated heterocycles. The van der Waals surface area contributed by atoms with E-state index >= 15 is 0 Å². The summed E-state index contributed by atoms with van der Waals surface area (Å²) in [5.41, 5.74) is 0. The number of nitrogens with zero attached hydrogens (tertiary/aromatic N) is 1. The SMILES string of the molecule is CCCCCCCCCCCCCCCCCCCC(COP(=O)(O)CC[N+](C)(C)C)OC(C)=O. The summed E-state index contributed by atoms with van der Waals surface area (Å²) in [6, 6.07) is 0. The minimum Gasteiger partial charge on any atom is -0.460 e. The van der Waals surface area contributed by atoms with Crippen molar-refractivity contribution < 1.29 is 28.0 Å². The van der Waals surface area contributed by atoms with Crippen molar-refractivity contribution >= 4 is 13.6 Å². The average Bonchev–Trinajstić information content (AvgIpc) is 2.77. The van der Waals surface area contributed by atoms with Crippen LogP contribution in [0.3, 0.4) is 0 Å². The molecule has 0 aromatic rings.